The predicted octanol–water partition coefficient (Wildman–Crippen LogP) is 3.25. The van der Waals surface area contributed by atoms with Crippen LogP contribution in [0, 0.1) is 5.41 Å². The summed E-state index contributed by atoms with van der Waals surface area (Å²) < 4.78 is 7.37. The number of rotatable bonds is 2. The third kappa shape index (κ3) is 4.53. The molecule has 0 aliphatic carbocycles. The molecule has 10 nitrogen and oxygen atoms in total. The van der Waals surface area contributed by atoms with Crippen LogP contribution in [0.2, 0.25) is 0 Å². The molecule has 3 aliphatic rings. The molecular weight excluding hydrogens is 448 g/mol. The maximum absolute atomic E-state index is 12.5. The highest BCUT2D eigenvalue weighted by molar-refractivity contribution is 6.09. The van der Waals surface area contributed by atoms with E-state index in [9.17, 15) is 14.4 Å². The smallest absolute Gasteiger partial charge is 0.410 e. The van der Waals surface area contributed by atoms with Crippen LogP contribution in [0.5, 0.6) is 0 Å². The number of anilines is 2. The van der Waals surface area contributed by atoms with Crippen LogP contribution in [-0.2, 0) is 16.6 Å². The van der Waals surface area contributed by atoms with Crippen molar-refractivity contribution < 1.29 is 19.1 Å². The van der Waals surface area contributed by atoms with E-state index in [1.165, 1.54) is 4.90 Å². The fourth-order valence-corrected chi connectivity index (χ4v) is 5.45. The number of hydrogen-bond donors (Lipinski definition) is 1. The van der Waals surface area contributed by atoms with E-state index in [0.717, 1.165) is 62.0 Å². The van der Waals surface area contributed by atoms with Gasteiger partial charge in [-0.1, -0.05) is 0 Å². The lowest BCUT2D eigenvalue weighted by Crippen LogP contribution is -2.49. The summed E-state index contributed by atoms with van der Waals surface area (Å²) in [4.78, 5) is 42.2. The summed E-state index contributed by atoms with van der Waals surface area (Å²) in [5.41, 5.74) is 1.76. The number of benzene rings is 1. The van der Waals surface area contributed by atoms with Crippen LogP contribution in [0.15, 0.2) is 18.2 Å². The molecule has 0 radical (unpaired) electrons. The topological polar surface area (TPSA) is 100 Å². The van der Waals surface area contributed by atoms with E-state index < -0.39 is 11.6 Å². The van der Waals surface area contributed by atoms with Crippen LogP contribution >= 0.6 is 0 Å². The lowest BCUT2D eigenvalue weighted by atomic mass is 9.77. The SMILES string of the molecule is Cn1nc(N2CCC(=O)NC2=O)c2ccc(N3CCC4(CCN(C(=O)OC(C)(C)C)C4)CC3)cc21. The molecule has 2 aromatic rings. The lowest BCUT2D eigenvalue weighted by molar-refractivity contribution is -0.120. The number of hydrogen-bond acceptors (Lipinski definition) is 6. The van der Waals surface area contributed by atoms with Crippen molar-refractivity contribution in [2.24, 2.45) is 12.5 Å². The van der Waals surface area contributed by atoms with E-state index in [1.807, 2.05) is 38.8 Å². The maximum Gasteiger partial charge on any atom is 0.410 e. The normalized spacial score (nSPS) is 20.6. The maximum atomic E-state index is 12.5. The summed E-state index contributed by atoms with van der Waals surface area (Å²) in [5, 5.41) is 7.84. The zero-order valence-corrected chi connectivity index (χ0v) is 21.0. The average Bonchev–Trinajstić information content (AvgIpc) is 3.35. The molecule has 1 N–H and O–H groups in total. The minimum atomic E-state index is -0.476. The number of likely N-dealkylation sites (tertiary alicyclic amines) is 1. The summed E-state index contributed by atoms with van der Waals surface area (Å²) >= 11 is 0. The number of aromatic nitrogens is 2. The number of nitrogens with zero attached hydrogens (tertiary/aromatic N) is 5. The Bertz CT molecular complexity index is 1170. The first-order valence-electron chi connectivity index (χ1n) is 12.3. The third-order valence-corrected chi connectivity index (χ3v) is 7.40. The zero-order chi connectivity index (χ0) is 25.0. The molecule has 1 aromatic heterocycles. The number of fused-ring (bicyclic) bond motifs is 1. The van der Waals surface area contributed by atoms with E-state index in [1.54, 1.807) is 4.68 Å². The van der Waals surface area contributed by atoms with Gasteiger partial charge in [0.1, 0.15) is 5.60 Å². The van der Waals surface area contributed by atoms with Crippen LogP contribution in [0.4, 0.5) is 21.1 Å². The highest BCUT2D eigenvalue weighted by Crippen LogP contribution is 2.42. The van der Waals surface area contributed by atoms with Crippen molar-refractivity contribution in [2.75, 3.05) is 42.5 Å². The predicted molar refractivity (Wildman–Crippen MR) is 133 cm³/mol. The number of aryl methyl sites for hydroxylation is 1. The molecule has 0 saturated carbocycles. The fraction of sp³-hybridized carbons (Fsp3) is 0.600. The Morgan fingerprint density at radius 1 is 1.09 bits per heavy atom. The number of imide groups is 1. The van der Waals surface area contributed by atoms with Gasteiger partial charge in [0.25, 0.3) is 0 Å². The van der Waals surface area contributed by atoms with Crippen LogP contribution < -0.4 is 15.1 Å². The van der Waals surface area contributed by atoms with Crippen LogP contribution in [-0.4, -0.2) is 71.0 Å². The minimum absolute atomic E-state index is 0.163. The van der Waals surface area contributed by atoms with Gasteiger partial charge in [0.05, 0.1) is 5.52 Å². The third-order valence-electron chi connectivity index (χ3n) is 7.40. The van der Waals surface area contributed by atoms with Crippen molar-refractivity contribution in [1.82, 2.24) is 20.0 Å². The quantitative estimate of drug-likeness (QED) is 0.705. The van der Waals surface area contributed by atoms with Crippen LogP contribution in [0.1, 0.15) is 46.5 Å². The largest absolute Gasteiger partial charge is 0.444 e. The molecule has 4 heterocycles. The molecule has 188 valence electrons. The van der Waals surface area contributed by atoms with E-state index in [2.05, 4.69) is 27.4 Å². The Morgan fingerprint density at radius 3 is 2.49 bits per heavy atom. The molecule has 1 spiro atoms. The molecule has 3 fully saturated rings. The van der Waals surface area contributed by atoms with Gasteiger partial charge in [-0.25, -0.2) is 9.59 Å². The Morgan fingerprint density at radius 2 is 1.80 bits per heavy atom. The molecule has 5 rings (SSSR count). The summed E-state index contributed by atoms with van der Waals surface area (Å²) in [7, 11) is 1.87. The Balaban J connectivity index is 1.27. The van der Waals surface area contributed by atoms with Crippen molar-refractivity contribution in [2.45, 2.75) is 52.1 Å². The van der Waals surface area contributed by atoms with Crippen LogP contribution in [0.3, 0.4) is 0 Å². The second-order valence-electron chi connectivity index (χ2n) is 11.0. The van der Waals surface area contributed by atoms with Crippen molar-refractivity contribution in [3.63, 3.8) is 0 Å². The van der Waals surface area contributed by atoms with Gasteiger partial charge in [-0.05, 0) is 63.6 Å². The second kappa shape index (κ2) is 8.42. The first-order valence-corrected chi connectivity index (χ1v) is 12.3. The van der Waals surface area contributed by atoms with Crippen molar-refractivity contribution in [3.05, 3.63) is 18.2 Å². The van der Waals surface area contributed by atoms with Crippen LogP contribution in [0.25, 0.3) is 10.9 Å². The van der Waals surface area contributed by atoms with Gasteiger partial charge in [0, 0.05) is 57.3 Å². The molecule has 35 heavy (non-hydrogen) atoms. The molecule has 3 saturated heterocycles. The minimum Gasteiger partial charge on any atom is -0.444 e. The number of carbonyl (C=O) groups excluding carboxylic acids is 3. The number of amides is 4. The number of ether oxygens (including phenoxy) is 1. The Hall–Kier alpha value is -3.30. The van der Waals surface area contributed by atoms with E-state index >= 15 is 0 Å². The Labute approximate surface area is 205 Å². The van der Waals surface area contributed by atoms with Crippen molar-refractivity contribution >= 4 is 40.4 Å². The first kappa shape index (κ1) is 23.4. The van der Waals surface area contributed by atoms with E-state index in [4.69, 9.17) is 4.74 Å². The first-order chi connectivity index (χ1) is 16.5. The molecule has 4 amide bonds. The summed E-state index contributed by atoms with van der Waals surface area (Å²) in [6.45, 7) is 9.41. The zero-order valence-electron chi connectivity index (χ0n) is 21.0. The van der Waals surface area contributed by atoms with Gasteiger partial charge in [0.15, 0.2) is 5.82 Å². The van der Waals surface area contributed by atoms with Crippen molar-refractivity contribution in [1.29, 1.82) is 0 Å². The highest BCUT2D eigenvalue weighted by Gasteiger charge is 2.43. The molecular formula is C25H34N6O4. The molecule has 0 unspecified atom stereocenters. The standard InChI is InChI=1S/C25H34N6O4/c1-24(2,3)35-23(34)30-14-10-25(16-30)8-12-29(13-9-25)17-5-6-18-19(15-17)28(4)27-21(18)31-11-7-20(32)26-22(31)33/h5-6,15H,7-14,16H2,1-4H3,(H,26,32,33). The van der Waals surface area contributed by atoms with Gasteiger partial charge in [-0.15, -0.1) is 0 Å². The van der Waals surface area contributed by atoms with Gasteiger partial charge < -0.3 is 14.5 Å². The van der Waals surface area contributed by atoms with Gasteiger partial charge >= 0.3 is 12.1 Å². The fourth-order valence-electron chi connectivity index (χ4n) is 5.45. The summed E-state index contributed by atoms with van der Waals surface area (Å²) in [6, 6.07) is 5.79. The molecule has 3 aliphatic heterocycles. The Kier molecular flexibility index (Phi) is 5.64. The van der Waals surface area contributed by atoms with Gasteiger partial charge in [-0.2, -0.15) is 5.10 Å². The molecule has 0 bridgehead atoms. The number of carbonyl (C=O) groups is 3. The molecule has 1 aromatic carbocycles. The average molecular weight is 483 g/mol. The summed E-state index contributed by atoms with van der Waals surface area (Å²) in [6.07, 6.45) is 3.14. The highest BCUT2D eigenvalue weighted by atomic mass is 16.6. The van der Waals surface area contributed by atoms with E-state index in [-0.39, 0.29) is 23.8 Å². The number of urea groups is 1. The second-order valence-corrected chi connectivity index (χ2v) is 11.0. The molecule has 0 atom stereocenters. The number of nitrogens with one attached hydrogen (secondary N) is 1. The van der Waals surface area contributed by atoms with E-state index in [0.29, 0.717) is 12.4 Å². The van der Waals surface area contributed by atoms with Crippen molar-refractivity contribution in [3.8, 4) is 0 Å². The lowest BCUT2D eigenvalue weighted by Gasteiger charge is -2.40. The summed E-state index contributed by atoms with van der Waals surface area (Å²) in [5.74, 6) is 0.318. The van der Waals surface area contributed by atoms with Gasteiger partial charge in [0.2, 0.25) is 5.91 Å². The van der Waals surface area contributed by atoms with Gasteiger partial charge in [-0.3, -0.25) is 19.7 Å². The number of piperidine rings is 1. The molecule has 10 heteroatoms. The monoisotopic (exact) mass is 482 g/mol.